The molecule has 110 valence electrons. The third-order valence-corrected chi connectivity index (χ3v) is 4.78. The summed E-state index contributed by atoms with van der Waals surface area (Å²) in [5.41, 5.74) is 6.37. The van der Waals surface area contributed by atoms with Gasteiger partial charge in [0.1, 0.15) is 0 Å². The highest BCUT2D eigenvalue weighted by atomic mass is 32.1. The van der Waals surface area contributed by atoms with Crippen LogP contribution in [-0.2, 0) is 0 Å². The third kappa shape index (κ3) is 4.28. The average molecular weight is 284 g/mol. The van der Waals surface area contributed by atoms with Gasteiger partial charge in [0.05, 0.1) is 12.6 Å². The van der Waals surface area contributed by atoms with Gasteiger partial charge in [-0.15, -0.1) is 11.3 Å². The largest absolute Gasteiger partial charge is 0.395 e. The Balaban J connectivity index is 3.03. The van der Waals surface area contributed by atoms with Gasteiger partial charge in [0.2, 0.25) is 0 Å². The maximum atomic E-state index is 9.40. The molecule has 1 aromatic heterocycles. The predicted octanol–water partition coefficient (Wildman–Crippen LogP) is 3.01. The topological polar surface area (TPSA) is 49.5 Å². The smallest absolute Gasteiger partial charge is 0.0596 e. The normalized spacial score (nSPS) is 15.1. The maximum absolute atomic E-state index is 9.40. The van der Waals surface area contributed by atoms with E-state index in [1.165, 1.54) is 4.88 Å². The number of hydrogen-bond donors (Lipinski definition) is 2. The first-order valence-electron chi connectivity index (χ1n) is 7.35. The second-order valence-electron chi connectivity index (χ2n) is 4.96. The van der Waals surface area contributed by atoms with E-state index < -0.39 is 0 Å². The molecule has 0 aliphatic carbocycles. The van der Waals surface area contributed by atoms with E-state index in [1.807, 2.05) is 0 Å². The number of nitrogens with zero attached hydrogens (tertiary/aromatic N) is 1. The molecule has 3 nitrogen and oxygen atoms in total. The van der Waals surface area contributed by atoms with Crippen molar-refractivity contribution in [2.24, 2.45) is 5.73 Å². The number of aliphatic hydroxyl groups is 1. The minimum atomic E-state index is 0.116. The lowest BCUT2D eigenvalue weighted by atomic mass is 9.99. The second-order valence-corrected chi connectivity index (χ2v) is 5.94. The second kappa shape index (κ2) is 8.69. The van der Waals surface area contributed by atoms with Gasteiger partial charge in [0.15, 0.2) is 0 Å². The molecule has 0 radical (unpaired) electrons. The highest BCUT2D eigenvalue weighted by Crippen LogP contribution is 2.31. The summed E-state index contributed by atoms with van der Waals surface area (Å²) in [4.78, 5) is 3.72. The van der Waals surface area contributed by atoms with Crippen LogP contribution < -0.4 is 5.73 Å². The van der Waals surface area contributed by atoms with Crippen molar-refractivity contribution >= 4 is 11.3 Å². The molecular formula is C15H28N2OS. The van der Waals surface area contributed by atoms with Crippen molar-refractivity contribution in [1.82, 2.24) is 4.90 Å². The Labute approximate surface area is 121 Å². The number of hydrogen-bond acceptors (Lipinski definition) is 4. The van der Waals surface area contributed by atoms with Crippen molar-refractivity contribution in [3.63, 3.8) is 0 Å². The van der Waals surface area contributed by atoms with Crippen molar-refractivity contribution in [2.45, 2.75) is 58.2 Å². The fraction of sp³-hybridized carbons (Fsp3) is 0.733. The minimum absolute atomic E-state index is 0.116. The van der Waals surface area contributed by atoms with Gasteiger partial charge in [-0.2, -0.15) is 0 Å². The third-order valence-electron chi connectivity index (χ3n) is 3.84. The van der Waals surface area contributed by atoms with Crippen molar-refractivity contribution in [3.8, 4) is 0 Å². The van der Waals surface area contributed by atoms with Gasteiger partial charge in [-0.25, -0.2) is 0 Å². The first kappa shape index (κ1) is 16.6. The van der Waals surface area contributed by atoms with Gasteiger partial charge in [-0.3, -0.25) is 4.90 Å². The van der Waals surface area contributed by atoms with Crippen molar-refractivity contribution in [2.75, 3.05) is 13.2 Å². The summed E-state index contributed by atoms with van der Waals surface area (Å²) < 4.78 is 0. The molecule has 1 heterocycles. The molecule has 2 atom stereocenters. The summed E-state index contributed by atoms with van der Waals surface area (Å²) in [5.74, 6) is 0. The quantitative estimate of drug-likeness (QED) is 0.733. The Kier molecular flexibility index (Phi) is 7.61. The molecule has 0 amide bonds. The van der Waals surface area contributed by atoms with Crippen LogP contribution in [0.25, 0.3) is 0 Å². The fourth-order valence-electron chi connectivity index (χ4n) is 2.73. The molecule has 3 N–H and O–H groups in total. The standard InChI is InChI=1S/C15H28N2OS/c1-4-12(5-2)17(9-10-18)15(13(16)6-3)14-8-7-11-19-14/h7-8,11-13,15,18H,4-6,9-10,16H2,1-3H3. The van der Waals surface area contributed by atoms with Crippen LogP contribution in [0.5, 0.6) is 0 Å². The van der Waals surface area contributed by atoms with Crippen LogP contribution in [0.1, 0.15) is 51.0 Å². The number of thiophene rings is 1. The van der Waals surface area contributed by atoms with E-state index >= 15 is 0 Å². The fourth-order valence-corrected chi connectivity index (χ4v) is 3.65. The van der Waals surface area contributed by atoms with E-state index in [2.05, 4.69) is 43.2 Å². The summed E-state index contributed by atoms with van der Waals surface area (Å²) in [7, 11) is 0. The lowest BCUT2D eigenvalue weighted by Crippen LogP contribution is -2.46. The summed E-state index contributed by atoms with van der Waals surface area (Å²) in [6, 6.07) is 5.07. The van der Waals surface area contributed by atoms with E-state index in [-0.39, 0.29) is 18.7 Å². The van der Waals surface area contributed by atoms with Gasteiger partial charge in [0, 0.05) is 23.5 Å². The summed E-state index contributed by atoms with van der Waals surface area (Å²) >= 11 is 1.76. The lowest BCUT2D eigenvalue weighted by molar-refractivity contribution is 0.0831. The zero-order chi connectivity index (χ0) is 14.3. The van der Waals surface area contributed by atoms with E-state index in [9.17, 15) is 5.11 Å². The molecule has 0 saturated heterocycles. The van der Waals surface area contributed by atoms with E-state index in [0.29, 0.717) is 12.6 Å². The molecule has 0 aromatic carbocycles. The number of aliphatic hydroxyl groups excluding tert-OH is 1. The predicted molar refractivity (Wildman–Crippen MR) is 83.5 cm³/mol. The zero-order valence-electron chi connectivity index (χ0n) is 12.4. The van der Waals surface area contributed by atoms with E-state index in [0.717, 1.165) is 19.3 Å². The molecule has 1 aromatic rings. The molecule has 0 bridgehead atoms. The molecule has 0 saturated carbocycles. The van der Waals surface area contributed by atoms with Crippen molar-refractivity contribution in [3.05, 3.63) is 22.4 Å². The molecule has 0 spiro atoms. The van der Waals surface area contributed by atoms with Crippen LogP contribution in [0.4, 0.5) is 0 Å². The van der Waals surface area contributed by atoms with Gasteiger partial charge in [0.25, 0.3) is 0 Å². The Morgan fingerprint density at radius 2 is 1.95 bits per heavy atom. The molecule has 19 heavy (non-hydrogen) atoms. The zero-order valence-corrected chi connectivity index (χ0v) is 13.2. The Bertz CT molecular complexity index is 325. The monoisotopic (exact) mass is 284 g/mol. The molecule has 0 fully saturated rings. The van der Waals surface area contributed by atoms with Crippen LogP contribution >= 0.6 is 11.3 Å². The number of rotatable bonds is 9. The van der Waals surface area contributed by atoms with Crippen LogP contribution in [0, 0.1) is 0 Å². The molecule has 4 heteroatoms. The summed E-state index contributed by atoms with van der Waals surface area (Å²) in [5, 5.41) is 11.5. The van der Waals surface area contributed by atoms with Crippen molar-refractivity contribution < 1.29 is 5.11 Å². The first-order valence-corrected chi connectivity index (χ1v) is 8.23. The highest BCUT2D eigenvalue weighted by Gasteiger charge is 2.30. The van der Waals surface area contributed by atoms with E-state index in [1.54, 1.807) is 11.3 Å². The van der Waals surface area contributed by atoms with Crippen LogP contribution in [0.15, 0.2) is 17.5 Å². The van der Waals surface area contributed by atoms with E-state index in [4.69, 9.17) is 5.73 Å². The van der Waals surface area contributed by atoms with Gasteiger partial charge < -0.3 is 10.8 Å². The molecule has 2 unspecified atom stereocenters. The molecular weight excluding hydrogens is 256 g/mol. The highest BCUT2D eigenvalue weighted by molar-refractivity contribution is 7.10. The Morgan fingerprint density at radius 1 is 1.26 bits per heavy atom. The lowest BCUT2D eigenvalue weighted by Gasteiger charge is -2.39. The molecule has 0 aliphatic heterocycles. The summed E-state index contributed by atoms with van der Waals surface area (Å²) in [6.45, 7) is 7.44. The number of nitrogens with two attached hydrogens (primary N) is 1. The first-order chi connectivity index (χ1) is 9.19. The summed E-state index contributed by atoms with van der Waals surface area (Å²) in [6.07, 6.45) is 3.13. The van der Waals surface area contributed by atoms with Gasteiger partial charge in [-0.1, -0.05) is 26.8 Å². The van der Waals surface area contributed by atoms with Crippen LogP contribution in [-0.4, -0.2) is 35.2 Å². The van der Waals surface area contributed by atoms with Gasteiger partial charge >= 0.3 is 0 Å². The van der Waals surface area contributed by atoms with Gasteiger partial charge in [-0.05, 0) is 30.7 Å². The Hall–Kier alpha value is -0.420. The SMILES string of the molecule is CCC(N)C(c1cccs1)N(CCO)C(CC)CC. The Morgan fingerprint density at radius 3 is 2.37 bits per heavy atom. The minimum Gasteiger partial charge on any atom is -0.395 e. The average Bonchev–Trinajstić information content (AvgIpc) is 2.94. The van der Waals surface area contributed by atoms with Crippen molar-refractivity contribution in [1.29, 1.82) is 0 Å². The van der Waals surface area contributed by atoms with Crippen LogP contribution in [0.2, 0.25) is 0 Å². The molecule has 0 aliphatic rings. The molecule has 1 rings (SSSR count). The maximum Gasteiger partial charge on any atom is 0.0596 e. The van der Waals surface area contributed by atoms with Crippen LogP contribution in [0.3, 0.4) is 0 Å².